The van der Waals surface area contributed by atoms with E-state index < -0.39 is 5.41 Å². The lowest BCUT2D eigenvalue weighted by molar-refractivity contribution is 0.660. The van der Waals surface area contributed by atoms with E-state index in [-0.39, 0.29) is 5.41 Å². The van der Waals surface area contributed by atoms with Gasteiger partial charge in [0.25, 0.3) is 0 Å². The summed E-state index contributed by atoms with van der Waals surface area (Å²) in [6.07, 6.45) is 9.20. The van der Waals surface area contributed by atoms with Crippen LogP contribution in [-0.2, 0) is 17.3 Å². The zero-order chi connectivity index (χ0) is 45.8. The summed E-state index contributed by atoms with van der Waals surface area (Å²) in [5.41, 5.74) is 19.1. The number of anilines is 3. The smallest absolute Gasteiger partial charge is 0.0671 e. The monoisotopic (exact) mass is 869 g/mol. The highest BCUT2D eigenvalue weighted by molar-refractivity contribution is 6.15. The van der Waals surface area contributed by atoms with Gasteiger partial charge in [0, 0.05) is 22.4 Å². The highest BCUT2D eigenvalue weighted by Gasteiger charge is 2.46. The van der Waals surface area contributed by atoms with E-state index in [0.717, 1.165) is 23.5 Å². The molecule has 0 aromatic heterocycles. The molecule has 10 aromatic rings. The van der Waals surface area contributed by atoms with Crippen LogP contribution < -0.4 is 4.90 Å². The summed E-state index contributed by atoms with van der Waals surface area (Å²) in [6, 6.07) is 83.7. The minimum Gasteiger partial charge on any atom is -0.310 e. The van der Waals surface area contributed by atoms with Crippen molar-refractivity contribution in [3.8, 4) is 33.4 Å². The molecule has 0 heterocycles. The van der Waals surface area contributed by atoms with Crippen molar-refractivity contribution in [2.24, 2.45) is 0 Å². The molecule has 0 unspecified atom stereocenters. The van der Waals surface area contributed by atoms with Crippen molar-refractivity contribution in [3.63, 3.8) is 0 Å². The Hall–Kier alpha value is -8.26. The second-order valence-corrected chi connectivity index (χ2v) is 18.8. The maximum atomic E-state index is 4.04. The van der Waals surface area contributed by atoms with Crippen LogP contribution in [-0.4, -0.2) is 0 Å². The molecular formula is C67H51N. The van der Waals surface area contributed by atoms with Crippen molar-refractivity contribution in [1.82, 2.24) is 0 Å². The van der Waals surface area contributed by atoms with E-state index in [9.17, 15) is 0 Å². The van der Waals surface area contributed by atoms with Crippen molar-refractivity contribution < 1.29 is 0 Å². The lowest BCUT2D eigenvalue weighted by Gasteiger charge is -2.36. The lowest BCUT2D eigenvalue weighted by Crippen LogP contribution is -2.29. The summed E-state index contributed by atoms with van der Waals surface area (Å²) >= 11 is 0. The fraction of sp³-hybridized carbons (Fsp3) is 0.0746. The number of fused-ring (bicyclic) bond motifs is 7. The predicted octanol–water partition coefficient (Wildman–Crippen LogP) is 17.7. The van der Waals surface area contributed by atoms with Crippen LogP contribution in [0.4, 0.5) is 17.1 Å². The third-order valence-corrected chi connectivity index (χ3v) is 14.8. The first-order valence-corrected chi connectivity index (χ1v) is 23.8. The van der Waals surface area contributed by atoms with Crippen LogP contribution in [0.15, 0.2) is 261 Å². The zero-order valence-electron chi connectivity index (χ0n) is 38.5. The molecule has 0 radical (unpaired) electrons. The Morgan fingerprint density at radius 2 is 1.03 bits per heavy atom. The zero-order valence-corrected chi connectivity index (χ0v) is 38.5. The van der Waals surface area contributed by atoms with E-state index in [1.165, 1.54) is 93.9 Å². The first kappa shape index (κ1) is 41.2. The summed E-state index contributed by atoms with van der Waals surface area (Å²) in [5.74, 6) is 0. The molecule has 1 nitrogen and oxygen atoms in total. The normalized spacial score (nSPS) is 14.8. The Labute approximate surface area is 400 Å². The maximum absolute atomic E-state index is 4.04. The summed E-state index contributed by atoms with van der Waals surface area (Å²) in [4.78, 5) is 2.55. The van der Waals surface area contributed by atoms with Crippen LogP contribution in [0.3, 0.4) is 0 Å². The van der Waals surface area contributed by atoms with Crippen molar-refractivity contribution in [1.29, 1.82) is 0 Å². The van der Waals surface area contributed by atoms with Crippen LogP contribution in [0.2, 0.25) is 0 Å². The Balaban J connectivity index is 1.21. The van der Waals surface area contributed by atoms with Gasteiger partial charge in [0.1, 0.15) is 0 Å². The SMILES string of the molecule is C=C/C=C\C=C1/Cc2cc(-c3cc4ccccc4c4ccccc34)c(N(c3ccc(-c4ccccc4)cc3)c3ccc4c(c3)C(C)(C)c3ccccc3-4)cc2C1(c1ccccc1)c1ccccc1. The molecule has 10 aromatic carbocycles. The number of benzene rings is 10. The van der Waals surface area contributed by atoms with Crippen molar-refractivity contribution in [3.05, 3.63) is 294 Å². The number of allylic oxidation sites excluding steroid dienone is 5. The van der Waals surface area contributed by atoms with Gasteiger partial charge in [-0.1, -0.05) is 227 Å². The molecule has 2 aliphatic carbocycles. The van der Waals surface area contributed by atoms with Crippen LogP contribution in [0.5, 0.6) is 0 Å². The quantitative estimate of drug-likeness (QED) is 0.103. The Kier molecular flexibility index (Phi) is 10.0. The Morgan fingerprint density at radius 1 is 0.441 bits per heavy atom. The van der Waals surface area contributed by atoms with E-state index in [1.807, 2.05) is 12.2 Å². The molecule has 68 heavy (non-hydrogen) atoms. The number of rotatable bonds is 9. The van der Waals surface area contributed by atoms with Gasteiger partial charge in [0.05, 0.1) is 11.1 Å². The summed E-state index contributed by atoms with van der Waals surface area (Å²) < 4.78 is 0. The maximum Gasteiger partial charge on any atom is 0.0671 e. The van der Waals surface area contributed by atoms with E-state index in [1.54, 1.807) is 0 Å². The number of hydrogen-bond donors (Lipinski definition) is 0. The van der Waals surface area contributed by atoms with Gasteiger partial charge in [0.2, 0.25) is 0 Å². The second kappa shape index (κ2) is 16.6. The molecule has 12 rings (SSSR count). The predicted molar refractivity (Wildman–Crippen MR) is 288 cm³/mol. The minimum absolute atomic E-state index is 0.186. The fourth-order valence-electron chi connectivity index (χ4n) is 11.7. The molecule has 0 N–H and O–H groups in total. The van der Waals surface area contributed by atoms with Crippen LogP contribution in [0.25, 0.3) is 54.9 Å². The van der Waals surface area contributed by atoms with Crippen molar-refractivity contribution >= 4 is 38.6 Å². The molecule has 0 atom stereocenters. The average molecular weight is 870 g/mol. The van der Waals surface area contributed by atoms with Gasteiger partial charge in [-0.2, -0.15) is 0 Å². The minimum atomic E-state index is -0.577. The first-order chi connectivity index (χ1) is 33.4. The molecule has 0 aliphatic heterocycles. The van der Waals surface area contributed by atoms with Gasteiger partial charge < -0.3 is 4.90 Å². The van der Waals surface area contributed by atoms with E-state index in [2.05, 4.69) is 262 Å². The van der Waals surface area contributed by atoms with E-state index >= 15 is 0 Å². The molecule has 0 saturated carbocycles. The molecule has 0 fully saturated rings. The van der Waals surface area contributed by atoms with Crippen LogP contribution in [0.1, 0.15) is 47.2 Å². The number of nitrogens with zero attached hydrogens (tertiary/aromatic N) is 1. The van der Waals surface area contributed by atoms with Gasteiger partial charge in [-0.25, -0.2) is 0 Å². The fourth-order valence-corrected chi connectivity index (χ4v) is 11.7. The van der Waals surface area contributed by atoms with Gasteiger partial charge in [-0.15, -0.1) is 0 Å². The highest BCUT2D eigenvalue weighted by atomic mass is 15.1. The molecule has 0 saturated heterocycles. The standard InChI is InChI=1S/C67H51N/c1-4-5-9-29-52-41-49-43-61(60-42-48-24-16-17-30-55(48)56-31-18-19-32-57(56)60)65(45-63(49)67(52,50-25-12-7-13-26-50)51-27-14-8-15-28-51)68(53-37-35-47(36-38-53)46-22-10-6-11-23-46)54-39-40-59-58-33-20-21-34-62(58)66(2,3)64(59)44-54/h4-40,42-45H,1,41H2,2-3H3/b9-5-,52-29+. The molecule has 0 amide bonds. The highest BCUT2D eigenvalue weighted by Crippen LogP contribution is 2.57. The second-order valence-electron chi connectivity index (χ2n) is 18.8. The van der Waals surface area contributed by atoms with Crippen LogP contribution >= 0.6 is 0 Å². The number of hydrogen-bond acceptors (Lipinski definition) is 1. The Morgan fingerprint density at radius 3 is 1.75 bits per heavy atom. The van der Waals surface area contributed by atoms with Crippen molar-refractivity contribution in [2.45, 2.75) is 31.1 Å². The summed E-state index contributed by atoms with van der Waals surface area (Å²) in [6.45, 7) is 8.80. The first-order valence-electron chi connectivity index (χ1n) is 23.8. The van der Waals surface area contributed by atoms with Gasteiger partial charge in [0.15, 0.2) is 0 Å². The topological polar surface area (TPSA) is 3.24 Å². The van der Waals surface area contributed by atoms with E-state index in [0.29, 0.717) is 0 Å². The molecule has 0 bridgehead atoms. The third-order valence-electron chi connectivity index (χ3n) is 14.8. The van der Waals surface area contributed by atoms with Gasteiger partial charge >= 0.3 is 0 Å². The lowest BCUT2D eigenvalue weighted by atomic mass is 9.67. The summed E-state index contributed by atoms with van der Waals surface area (Å²) in [7, 11) is 0. The molecule has 1 heteroatoms. The van der Waals surface area contributed by atoms with Gasteiger partial charge in [-0.05, 0) is 137 Å². The van der Waals surface area contributed by atoms with Crippen LogP contribution in [0, 0.1) is 0 Å². The van der Waals surface area contributed by atoms with Gasteiger partial charge in [-0.3, -0.25) is 0 Å². The third kappa shape index (κ3) is 6.53. The average Bonchev–Trinajstić information content (AvgIpc) is 3.84. The molecule has 0 spiro atoms. The van der Waals surface area contributed by atoms with Crippen molar-refractivity contribution in [2.75, 3.05) is 4.90 Å². The Bertz CT molecular complexity index is 3570. The molecule has 324 valence electrons. The largest absolute Gasteiger partial charge is 0.310 e. The van der Waals surface area contributed by atoms with E-state index in [4.69, 9.17) is 0 Å². The molecular weight excluding hydrogens is 819 g/mol. The summed E-state index contributed by atoms with van der Waals surface area (Å²) in [5, 5.41) is 4.97. The molecule has 2 aliphatic rings.